The van der Waals surface area contributed by atoms with E-state index >= 15 is 0 Å². The quantitative estimate of drug-likeness (QED) is 0.801. The zero-order valence-corrected chi connectivity index (χ0v) is 9.66. The second-order valence-electron chi connectivity index (χ2n) is 4.77. The summed E-state index contributed by atoms with van der Waals surface area (Å²) in [4.78, 5) is 11.8. The summed E-state index contributed by atoms with van der Waals surface area (Å²) >= 11 is 0. The highest BCUT2D eigenvalue weighted by Crippen LogP contribution is 2.27. The molecule has 1 aliphatic carbocycles. The van der Waals surface area contributed by atoms with Crippen LogP contribution >= 0.6 is 0 Å². The first-order valence-corrected chi connectivity index (χ1v) is 5.66. The lowest BCUT2D eigenvalue weighted by atomic mass is 9.82. The molecule has 1 aromatic carbocycles. The molecule has 1 amide bonds. The molecule has 0 atom stereocenters. The maximum Gasteiger partial charge on any atom is 0.255 e. The van der Waals surface area contributed by atoms with Gasteiger partial charge in [0.2, 0.25) is 0 Å². The van der Waals surface area contributed by atoms with E-state index in [0.29, 0.717) is 11.5 Å². The van der Waals surface area contributed by atoms with Crippen molar-refractivity contribution in [3.63, 3.8) is 0 Å². The normalized spacial score (nSPS) is 23.6. The van der Waals surface area contributed by atoms with Gasteiger partial charge in [0.25, 0.3) is 5.91 Å². The molecule has 3 nitrogen and oxygen atoms in total. The van der Waals surface area contributed by atoms with Gasteiger partial charge in [-0.15, -0.1) is 0 Å². The largest absolute Gasteiger partial charge is 0.507 e. The van der Waals surface area contributed by atoms with Crippen molar-refractivity contribution in [2.24, 2.45) is 5.92 Å². The first-order valence-electron chi connectivity index (χ1n) is 5.66. The van der Waals surface area contributed by atoms with E-state index in [9.17, 15) is 9.90 Å². The molecule has 0 spiro atoms. The average molecular weight is 219 g/mol. The lowest BCUT2D eigenvalue weighted by molar-refractivity contribution is 0.0893. The molecule has 3 heteroatoms. The molecular formula is C13H17NO2. The average Bonchev–Trinajstić information content (AvgIpc) is 2.15. The Morgan fingerprint density at radius 1 is 1.44 bits per heavy atom. The predicted octanol–water partition coefficient (Wildman–Crippen LogP) is 2.23. The lowest BCUT2D eigenvalue weighted by Gasteiger charge is -2.33. The number of hydrogen-bond acceptors (Lipinski definition) is 2. The number of phenolic OH excluding ortho intramolecular Hbond substituents is 1. The van der Waals surface area contributed by atoms with Crippen molar-refractivity contribution < 1.29 is 9.90 Å². The Balaban J connectivity index is 2.03. The zero-order chi connectivity index (χ0) is 11.7. The molecule has 2 N–H and O–H groups in total. The van der Waals surface area contributed by atoms with Crippen molar-refractivity contribution in [2.75, 3.05) is 0 Å². The molecule has 0 saturated heterocycles. The van der Waals surface area contributed by atoms with Crippen LogP contribution in [-0.4, -0.2) is 17.1 Å². The third-order valence-electron chi connectivity index (χ3n) is 3.11. The van der Waals surface area contributed by atoms with Crippen LogP contribution in [0.15, 0.2) is 18.2 Å². The molecule has 0 aliphatic heterocycles. The summed E-state index contributed by atoms with van der Waals surface area (Å²) in [6, 6.07) is 5.39. The van der Waals surface area contributed by atoms with E-state index in [4.69, 9.17) is 0 Å². The van der Waals surface area contributed by atoms with E-state index in [1.807, 2.05) is 13.0 Å². The van der Waals surface area contributed by atoms with E-state index in [1.165, 1.54) is 0 Å². The fourth-order valence-corrected chi connectivity index (χ4v) is 2.12. The Hall–Kier alpha value is -1.51. The van der Waals surface area contributed by atoms with Gasteiger partial charge in [-0.05, 0) is 43.4 Å². The summed E-state index contributed by atoms with van der Waals surface area (Å²) in [5.74, 6) is 0.594. The number of carbonyl (C=O) groups is 1. The predicted molar refractivity (Wildman–Crippen MR) is 62.5 cm³/mol. The third kappa shape index (κ3) is 2.18. The topological polar surface area (TPSA) is 49.3 Å². The van der Waals surface area contributed by atoms with Crippen LogP contribution in [0.4, 0.5) is 0 Å². The zero-order valence-electron chi connectivity index (χ0n) is 9.66. The number of benzene rings is 1. The molecule has 1 aliphatic rings. The van der Waals surface area contributed by atoms with Crippen molar-refractivity contribution in [3.05, 3.63) is 29.3 Å². The van der Waals surface area contributed by atoms with Crippen molar-refractivity contribution in [2.45, 2.75) is 32.7 Å². The lowest BCUT2D eigenvalue weighted by Crippen LogP contribution is -2.43. The number of aromatic hydroxyl groups is 1. The summed E-state index contributed by atoms with van der Waals surface area (Å²) in [5.41, 5.74) is 1.32. The van der Waals surface area contributed by atoms with Crippen LogP contribution in [0.25, 0.3) is 0 Å². The molecule has 0 aromatic heterocycles. The number of nitrogens with one attached hydrogen (secondary N) is 1. The summed E-state index contributed by atoms with van der Waals surface area (Å²) in [6.07, 6.45) is 2.08. The minimum atomic E-state index is -0.172. The monoisotopic (exact) mass is 219 g/mol. The van der Waals surface area contributed by atoms with Gasteiger partial charge in [-0.2, -0.15) is 0 Å². The molecule has 86 valence electrons. The molecule has 2 rings (SSSR count). The maximum atomic E-state index is 11.8. The van der Waals surface area contributed by atoms with Gasteiger partial charge in [-0.1, -0.05) is 13.0 Å². The number of hydrogen-bond donors (Lipinski definition) is 2. The van der Waals surface area contributed by atoms with Crippen LogP contribution in [0.3, 0.4) is 0 Å². The molecule has 0 unspecified atom stereocenters. The third-order valence-corrected chi connectivity index (χ3v) is 3.11. The van der Waals surface area contributed by atoms with Crippen LogP contribution in [0.5, 0.6) is 5.75 Å². The van der Waals surface area contributed by atoms with Gasteiger partial charge < -0.3 is 10.4 Å². The Morgan fingerprint density at radius 2 is 2.12 bits per heavy atom. The van der Waals surface area contributed by atoms with E-state index in [1.54, 1.807) is 12.1 Å². The summed E-state index contributed by atoms with van der Waals surface area (Å²) in [7, 11) is 0. The fraction of sp³-hybridized carbons (Fsp3) is 0.462. The minimum absolute atomic E-state index is 0.0601. The van der Waals surface area contributed by atoms with Gasteiger partial charge in [0, 0.05) is 6.04 Å². The van der Waals surface area contributed by atoms with Crippen molar-refractivity contribution in [3.8, 4) is 5.75 Å². The van der Waals surface area contributed by atoms with Crippen LogP contribution in [0.2, 0.25) is 0 Å². The number of carbonyl (C=O) groups excluding carboxylic acids is 1. The summed E-state index contributed by atoms with van der Waals surface area (Å²) < 4.78 is 0. The van der Waals surface area contributed by atoms with Crippen molar-refractivity contribution in [1.29, 1.82) is 0 Å². The van der Waals surface area contributed by atoms with E-state index < -0.39 is 0 Å². The number of amides is 1. The Morgan fingerprint density at radius 3 is 2.69 bits per heavy atom. The molecular weight excluding hydrogens is 202 g/mol. The van der Waals surface area contributed by atoms with Crippen LogP contribution in [-0.2, 0) is 0 Å². The van der Waals surface area contributed by atoms with E-state index in [-0.39, 0.29) is 17.7 Å². The molecule has 0 bridgehead atoms. The van der Waals surface area contributed by atoms with Crippen LogP contribution < -0.4 is 5.32 Å². The highest BCUT2D eigenvalue weighted by molar-refractivity contribution is 5.97. The summed E-state index contributed by atoms with van der Waals surface area (Å²) in [5, 5.41) is 12.6. The molecule has 1 saturated carbocycles. The number of rotatable bonds is 2. The first kappa shape index (κ1) is 11.0. The minimum Gasteiger partial charge on any atom is -0.507 e. The van der Waals surface area contributed by atoms with Crippen LogP contribution in [0, 0.1) is 12.8 Å². The van der Waals surface area contributed by atoms with Crippen LogP contribution in [0.1, 0.15) is 35.7 Å². The molecule has 0 heterocycles. The standard InChI is InChI=1S/C13H17NO2/c1-8-3-4-11(12(15)7-8)13(16)14-10-5-9(2)6-10/h3-4,7,9-10,15H,5-6H2,1-2H3,(H,14,16). The smallest absolute Gasteiger partial charge is 0.255 e. The van der Waals surface area contributed by atoms with Gasteiger partial charge in [0.1, 0.15) is 5.75 Å². The highest BCUT2D eigenvalue weighted by Gasteiger charge is 2.27. The molecule has 0 radical (unpaired) electrons. The second-order valence-corrected chi connectivity index (χ2v) is 4.77. The number of aryl methyl sites for hydroxylation is 1. The first-order chi connectivity index (χ1) is 7.56. The number of phenols is 1. The van der Waals surface area contributed by atoms with E-state index in [2.05, 4.69) is 12.2 Å². The maximum absolute atomic E-state index is 11.8. The van der Waals surface area contributed by atoms with Gasteiger partial charge in [0.15, 0.2) is 0 Å². The Labute approximate surface area is 95.5 Å². The second kappa shape index (κ2) is 4.16. The molecule has 1 aromatic rings. The van der Waals surface area contributed by atoms with Crippen molar-refractivity contribution >= 4 is 5.91 Å². The van der Waals surface area contributed by atoms with Gasteiger partial charge in [-0.3, -0.25) is 4.79 Å². The SMILES string of the molecule is Cc1ccc(C(=O)NC2CC(C)C2)c(O)c1. The summed E-state index contributed by atoms with van der Waals surface area (Å²) in [6.45, 7) is 4.06. The molecule has 1 fully saturated rings. The van der Waals surface area contributed by atoms with Crippen molar-refractivity contribution in [1.82, 2.24) is 5.32 Å². The van der Waals surface area contributed by atoms with E-state index in [0.717, 1.165) is 18.4 Å². The fourth-order valence-electron chi connectivity index (χ4n) is 2.12. The van der Waals surface area contributed by atoms with Gasteiger partial charge in [-0.25, -0.2) is 0 Å². The Bertz CT molecular complexity index is 408. The highest BCUT2D eigenvalue weighted by atomic mass is 16.3. The molecule has 16 heavy (non-hydrogen) atoms. The van der Waals surface area contributed by atoms with Gasteiger partial charge >= 0.3 is 0 Å². The Kier molecular flexibility index (Phi) is 2.86. The van der Waals surface area contributed by atoms with Gasteiger partial charge in [0.05, 0.1) is 5.56 Å².